The van der Waals surface area contributed by atoms with Crippen LogP contribution in [0.15, 0.2) is 25.3 Å². The average Bonchev–Trinajstić information content (AvgIpc) is 2.93. The van der Waals surface area contributed by atoms with E-state index in [2.05, 4.69) is 20.1 Å². The number of amides is 1. The van der Waals surface area contributed by atoms with Gasteiger partial charge in [0.1, 0.15) is 0 Å². The van der Waals surface area contributed by atoms with Crippen LogP contribution in [0.1, 0.15) is 84.0 Å². The molecule has 1 rings (SSSR count). The summed E-state index contributed by atoms with van der Waals surface area (Å²) in [6, 6.07) is 0. The summed E-state index contributed by atoms with van der Waals surface area (Å²) in [6.45, 7) is 9.89. The minimum absolute atomic E-state index is 0.145. The summed E-state index contributed by atoms with van der Waals surface area (Å²) in [5, 5.41) is 1.17. The number of carbonyl (C=O) groups excluding carboxylic acids is 2. The molecule has 1 heterocycles. The molecule has 0 aromatic rings. The van der Waals surface area contributed by atoms with Gasteiger partial charge >= 0.3 is 5.97 Å². The smallest absolute Gasteiger partial charge is 0.333 e. The van der Waals surface area contributed by atoms with Gasteiger partial charge in [-0.1, -0.05) is 83.8 Å². The second-order valence-electron chi connectivity index (χ2n) is 7.06. The molecule has 142 valence electrons. The van der Waals surface area contributed by atoms with Crippen molar-refractivity contribution in [1.82, 2.24) is 5.06 Å². The Kier molecular flexibility index (Phi) is 10.2. The third-order valence-corrected chi connectivity index (χ3v) is 5.15. The highest BCUT2D eigenvalue weighted by Gasteiger charge is 2.45. The van der Waals surface area contributed by atoms with E-state index in [0.717, 1.165) is 25.3 Å². The van der Waals surface area contributed by atoms with Gasteiger partial charge in [-0.2, -0.15) is 5.06 Å². The molecule has 1 unspecified atom stereocenters. The van der Waals surface area contributed by atoms with Crippen LogP contribution in [0.2, 0.25) is 0 Å². The summed E-state index contributed by atoms with van der Waals surface area (Å²) in [5.41, 5.74) is -0.568. The van der Waals surface area contributed by atoms with Gasteiger partial charge in [0.05, 0.1) is 12.0 Å². The Morgan fingerprint density at radius 1 is 1.08 bits per heavy atom. The quantitative estimate of drug-likeness (QED) is 0.241. The number of rotatable bonds is 14. The van der Waals surface area contributed by atoms with Crippen molar-refractivity contribution in [2.24, 2.45) is 5.41 Å². The fourth-order valence-electron chi connectivity index (χ4n) is 3.44. The van der Waals surface area contributed by atoms with Crippen LogP contribution in [0.4, 0.5) is 0 Å². The molecule has 0 bridgehead atoms. The SMILES string of the molecule is C=CC(=O)ON1CCC(C=C)(CCCCCCCCCCCC)C1=O. The molecule has 0 spiro atoms. The Labute approximate surface area is 153 Å². The predicted molar refractivity (Wildman–Crippen MR) is 102 cm³/mol. The van der Waals surface area contributed by atoms with Crippen molar-refractivity contribution in [2.45, 2.75) is 84.0 Å². The molecular weight excluding hydrogens is 314 g/mol. The van der Waals surface area contributed by atoms with E-state index < -0.39 is 11.4 Å². The summed E-state index contributed by atoms with van der Waals surface area (Å²) in [4.78, 5) is 28.8. The second-order valence-corrected chi connectivity index (χ2v) is 7.06. The molecule has 1 amide bonds. The fraction of sp³-hybridized carbons (Fsp3) is 0.714. The average molecular weight is 350 g/mol. The number of hydrogen-bond acceptors (Lipinski definition) is 3. The highest BCUT2D eigenvalue weighted by molar-refractivity contribution is 5.88. The zero-order valence-corrected chi connectivity index (χ0v) is 15.9. The Bertz CT molecular complexity index is 446. The summed E-state index contributed by atoms with van der Waals surface area (Å²) < 4.78 is 0. The van der Waals surface area contributed by atoms with Crippen LogP contribution >= 0.6 is 0 Å². The maximum absolute atomic E-state index is 12.5. The lowest BCUT2D eigenvalue weighted by Gasteiger charge is -2.23. The molecule has 0 aromatic heterocycles. The molecule has 1 atom stereocenters. The molecule has 25 heavy (non-hydrogen) atoms. The minimum Gasteiger partial charge on any atom is -0.333 e. The topological polar surface area (TPSA) is 46.6 Å². The molecule has 0 aliphatic carbocycles. The third-order valence-electron chi connectivity index (χ3n) is 5.15. The van der Waals surface area contributed by atoms with Crippen LogP contribution in [0.5, 0.6) is 0 Å². The van der Waals surface area contributed by atoms with Crippen molar-refractivity contribution in [2.75, 3.05) is 6.54 Å². The highest BCUT2D eigenvalue weighted by atomic mass is 16.7. The Balaban J connectivity index is 2.21. The summed E-state index contributed by atoms with van der Waals surface area (Å²) >= 11 is 0. The number of carbonyl (C=O) groups is 2. The number of hydroxylamine groups is 2. The Morgan fingerprint density at radius 2 is 1.64 bits per heavy atom. The van der Waals surface area contributed by atoms with Gasteiger partial charge in [-0.25, -0.2) is 4.79 Å². The summed E-state index contributed by atoms with van der Waals surface area (Å²) in [5.74, 6) is -0.735. The first-order valence-corrected chi connectivity index (χ1v) is 9.89. The molecule has 0 saturated carbocycles. The number of nitrogens with zero attached hydrogens (tertiary/aromatic N) is 1. The van der Waals surface area contributed by atoms with Gasteiger partial charge in [-0.05, 0) is 12.8 Å². The Morgan fingerprint density at radius 3 is 2.16 bits per heavy atom. The molecule has 4 heteroatoms. The first-order valence-electron chi connectivity index (χ1n) is 9.89. The zero-order chi connectivity index (χ0) is 18.5. The van der Waals surface area contributed by atoms with Crippen LogP contribution in [0, 0.1) is 5.41 Å². The van der Waals surface area contributed by atoms with Gasteiger partial charge in [-0.15, -0.1) is 6.58 Å². The van der Waals surface area contributed by atoms with Crippen LogP contribution in [-0.2, 0) is 14.4 Å². The van der Waals surface area contributed by atoms with Gasteiger partial charge in [-0.3, -0.25) is 4.79 Å². The summed E-state index contributed by atoms with van der Waals surface area (Å²) in [6.07, 6.45) is 17.0. The predicted octanol–water partition coefficient (Wildman–Crippen LogP) is 5.35. The van der Waals surface area contributed by atoms with Crippen molar-refractivity contribution < 1.29 is 14.4 Å². The maximum Gasteiger partial charge on any atom is 0.355 e. The van der Waals surface area contributed by atoms with E-state index in [-0.39, 0.29) is 5.91 Å². The largest absolute Gasteiger partial charge is 0.355 e. The lowest BCUT2D eigenvalue weighted by molar-refractivity contribution is -0.190. The van der Waals surface area contributed by atoms with Crippen LogP contribution in [-0.4, -0.2) is 23.5 Å². The van der Waals surface area contributed by atoms with Crippen LogP contribution in [0.3, 0.4) is 0 Å². The van der Waals surface area contributed by atoms with E-state index in [1.165, 1.54) is 56.4 Å². The van der Waals surface area contributed by atoms with E-state index >= 15 is 0 Å². The van der Waals surface area contributed by atoms with E-state index in [0.29, 0.717) is 13.0 Å². The molecular formula is C21H35NO3. The maximum atomic E-state index is 12.5. The van der Waals surface area contributed by atoms with E-state index in [9.17, 15) is 9.59 Å². The normalized spacial score (nSPS) is 19.9. The molecule has 1 fully saturated rings. The van der Waals surface area contributed by atoms with Gasteiger partial charge in [0.25, 0.3) is 5.91 Å². The molecule has 0 radical (unpaired) electrons. The lowest BCUT2D eigenvalue weighted by Crippen LogP contribution is -2.34. The molecule has 0 N–H and O–H groups in total. The zero-order valence-electron chi connectivity index (χ0n) is 15.9. The van der Waals surface area contributed by atoms with Crippen molar-refractivity contribution in [1.29, 1.82) is 0 Å². The first kappa shape index (κ1) is 21.5. The van der Waals surface area contributed by atoms with Gasteiger partial charge in [0, 0.05) is 6.08 Å². The second kappa shape index (κ2) is 11.9. The van der Waals surface area contributed by atoms with Crippen molar-refractivity contribution >= 4 is 11.9 Å². The van der Waals surface area contributed by atoms with Crippen molar-refractivity contribution in [3.05, 3.63) is 25.3 Å². The fourth-order valence-corrected chi connectivity index (χ4v) is 3.44. The van der Waals surface area contributed by atoms with Crippen molar-refractivity contribution in [3.8, 4) is 0 Å². The van der Waals surface area contributed by atoms with Gasteiger partial charge in [0.15, 0.2) is 0 Å². The highest BCUT2D eigenvalue weighted by Crippen LogP contribution is 2.38. The lowest BCUT2D eigenvalue weighted by atomic mass is 9.81. The third kappa shape index (κ3) is 7.05. The van der Waals surface area contributed by atoms with E-state index in [4.69, 9.17) is 4.84 Å². The van der Waals surface area contributed by atoms with Crippen molar-refractivity contribution in [3.63, 3.8) is 0 Å². The minimum atomic E-state index is -0.591. The molecule has 1 aliphatic heterocycles. The monoisotopic (exact) mass is 349 g/mol. The van der Waals surface area contributed by atoms with Crippen LogP contribution in [0.25, 0.3) is 0 Å². The summed E-state index contributed by atoms with van der Waals surface area (Å²) in [7, 11) is 0. The number of unbranched alkanes of at least 4 members (excludes halogenated alkanes) is 9. The standard InChI is InChI=1S/C21H35NO3/c1-4-7-8-9-10-11-12-13-14-15-16-21(6-3)17-18-22(20(21)24)25-19(23)5-2/h5-6H,2-4,7-18H2,1H3. The molecule has 1 aliphatic rings. The van der Waals surface area contributed by atoms with Crippen LogP contribution < -0.4 is 0 Å². The Hall–Kier alpha value is -1.58. The number of hydrogen-bond donors (Lipinski definition) is 0. The van der Waals surface area contributed by atoms with Gasteiger partial charge < -0.3 is 4.84 Å². The molecule has 0 aromatic carbocycles. The van der Waals surface area contributed by atoms with E-state index in [1.807, 2.05) is 0 Å². The molecule has 4 nitrogen and oxygen atoms in total. The molecule has 1 saturated heterocycles. The first-order chi connectivity index (χ1) is 12.1. The van der Waals surface area contributed by atoms with Gasteiger partial charge in [0.2, 0.25) is 0 Å². The van der Waals surface area contributed by atoms with E-state index in [1.54, 1.807) is 6.08 Å².